The van der Waals surface area contributed by atoms with Crippen LogP contribution < -0.4 is 10.2 Å². The number of nitrogens with zero attached hydrogens (tertiary/aromatic N) is 1. The number of alkyl halides is 3. The summed E-state index contributed by atoms with van der Waals surface area (Å²) in [7, 11) is -3.86. The molecule has 2 N–H and O–H groups in total. The van der Waals surface area contributed by atoms with E-state index in [4.69, 9.17) is 34.8 Å². The molecule has 0 bridgehead atoms. The van der Waals surface area contributed by atoms with Gasteiger partial charge >= 0.3 is 6.18 Å². The van der Waals surface area contributed by atoms with E-state index in [1.165, 1.54) is 22.5 Å². The highest BCUT2D eigenvalue weighted by atomic mass is 35.5. The van der Waals surface area contributed by atoms with Crippen LogP contribution in [0.15, 0.2) is 41.3 Å². The molecule has 0 aliphatic carbocycles. The van der Waals surface area contributed by atoms with Gasteiger partial charge in [0.05, 0.1) is 47.5 Å². The molecule has 0 atom stereocenters. The van der Waals surface area contributed by atoms with Crippen LogP contribution in [0.25, 0.3) is 0 Å². The number of hydrogen-bond donors (Lipinski definition) is 2. The Hall–Kier alpha value is -1.56. The molecule has 0 saturated carbocycles. The molecule has 1 amide bonds. The normalized spacial score (nSPS) is 16.2. The number of benzene rings is 2. The van der Waals surface area contributed by atoms with Crippen LogP contribution in [0.2, 0.25) is 15.1 Å². The van der Waals surface area contributed by atoms with Crippen molar-refractivity contribution in [1.29, 1.82) is 0 Å². The summed E-state index contributed by atoms with van der Waals surface area (Å²) in [6, 6.07) is 6.84. The number of amides is 1. The van der Waals surface area contributed by atoms with Crippen LogP contribution >= 0.6 is 34.8 Å². The summed E-state index contributed by atoms with van der Waals surface area (Å²) in [5, 5.41) is 2.67. The van der Waals surface area contributed by atoms with Crippen molar-refractivity contribution >= 4 is 56.4 Å². The Morgan fingerprint density at radius 3 is 2.28 bits per heavy atom. The number of piperazine rings is 1. The van der Waals surface area contributed by atoms with Crippen molar-refractivity contribution in [1.82, 2.24) is 4.31 Å². The van der Waals surface area contributed by atoms with Gasteiger partial charge < -0.3 is 10.2 Å². The number of carbonyl (C=O) groups excluding carboxylic acids is 1. The van der Waals surface area contributed by atoms with Crippen LogP contribution in [-0.2, 0) is 21.0 Å². The van der Waals surface area contributed by atoms with E-state index in [0.29, 0.717) is 13.1 Å². The van der Waals surface area contributed by atoms with Crippen molar-refractivity contribution in [2.24, 2.45) is 0 Å². The first-order valence-electron chi connectivity index (χ1n) is 9.33. The highest BCUT2D eigenvalue weighted by Crippen LogP contribution is 2.33. The monoisotopic (exact) mass is 530 g/mol. The summed E-state index contributed by atoms with van der Waals surface area (Å²) in [6.07, 6.45) is -4.57. The Morgan fingerprint density at radius 2 is 1.66 bits per heavy atom. The number of sulfonamides is 1. The third-order valence-corrected chi connectivity index (χ3v) is 7.86. The highest BCUT2D eigenvalue weighted by Gasteiger charge is 2.33. The molecule has 1 aliphatic heterocycles. The molecule has 2 aromatic rings. The molecule has 32 heavy (non-hydrogen) atoms. The zero-order chi connectivity index (χ0) is 23.7. The van der Waals surface area contributed by atoms with Crippen molar-refractivity contribution in [3.63, 3.8) is 0 Å². The lowest BCUT2D eigenvalue weighted by molar-refractivity contribution is -0.895. The molecule has 2 aromatic carbocycles. The summed E-state index contributed by atoms with van der Waals surface area (Å²) >= 11 is 17.8. The van der Waals surface area contributed by atoms with Gasteiger partial charge in [-0.3, -0.25) is 4.79 Å². The quantitative estimate of drug-likeness (QED) is 0.623. The van der Waals surface area contributed by atoms with Gasteiger partial charge in [0.25, 0.3) is 5.91 Å². The van der Waals surface area contributed by atoms with Gasteiger partial charge in [0.2, 0.25) is 10.0 Å². The molecular formula is C19H18Cl3F3N3O3S+. The fourth-order valence-electron chi connectivity index (χ4n) is 3.25. The first-order chi connectivity index (χ1) is 14.9. The minimum absolute atomic E-state index is 0.0179. The second-order valence-corrected chi connectivity index (χ2v) is 10.3. The summed E-state index contributed by atoms with van der Waals surface area (Å²) in [5.74, 6) is -0.532. The van der Waals surface area contributed by atoms with E-state index in [1.807, 2.05) is 0 Å². The van der Waals surface area contributed by atoms with E-state index in [-0.39, 0.29) is 45.3 Å². The average molecular weight is 532 g/mol. The molecule has 1 heterocycles. The molecule has 1 saturated heterocycles. The van der Waals surface area contributed by atoms with Crippen LogP contribution in [0.4, 0.5) is 18.9 Å². The smallest absolute Gasteiger partial charge is 0.325 e. The molecule has 13 heteroatoms. The SMILES string of the molecule is O=C(C[NH+]1CCN(S(=O)(=O)c2cc(Cl)ccc2Cl)CC1)Nc1cc(C(F)(F)F)ccc1Cl. The third kappa shape index (κ3) is 5.86. The van der Waals surface area contributed by atoms with Gasteiger partial charge in [0.15, 0.2) is 6.54 Å². The zero-order valence-electron chi connectivity index (χ0n) is 16.3. The molecule has 0 spiro atoms. The molecule has 3 rings (SSSR count). The first-order valence-corrected chi connectivity index (χ1v) is 11.9. The minimum Gasteiger partial charge on any atom is -0.325 e. The largest absolute Gasteiger partial charge is 0.416 e. The van der Waals surface area contributed by atoms with Crippen molar-refractivity contribution in [2.45, 2.75) is 11.1 Å². The molecular weight excluding hydrogens is 514 g/mol. The van der Waals surface area contributed by atoms with Gasteiger partial charge in [0, 0.05) is 5.02 Å². The van der Waals surface area contributed by atoms with E-state index >= 15 is 0 Å². The summed E-state index contributed by atoms with van der Waals surface area (Å²) in [6.45, 7) is 0.858. The Bertz CT molecular complexity index is 1120. The van der Waals surface area contributed by atoms with Crippen molar-refractivity contribution in [2.75, 3.05) is 38.0 Å². The number of hydrogen-bond acceptors (Lipinski definition) is 3. The van der Waals surface area contributed by atoms with E-state index in [1.54, 1.807) is 0 Å². The number of carbonyl (C=O) groups is 1. The van der Waals surface area contributed by atoms with Crippen molar-refractivity contribution < 1.29 is 31.3 Å². The van der Waals surface area contributed by atoms with Crippen molar-refractivity contribution in [3.05, 3.63) is 57.0 Å². The molecule has 0 unspecified atom stereocenters. The standard InChI is InChI=1S/C19H17Cl3F3N3O3S/c20-13-2-4-15(22)17(10-13)32(30,31)28-7-5-27(6-8-28)11-18(29)26-16-9-12(19(23,24)25)1-3-14(16)21/h1-4,9-10H,5-8,11H2,(H,26,29)/p+1. The number of rotatable bonds is 5. The molecule has 0 aromatic heterocycles. The Balaban J connectivity index is 1.61. The highest BCUT2D eigenvalue weighted by molar-refractivity contribution is 7.89. The summed E-state index contributed by atoms with van der Waals surface area (Å²) < 4.78 is 65.6. The predicted molar refractivity (Wildman–Crippen MR) is 116 cm³/mol. The zero-order valence-corrected chi connectivity index (χ0v) is 19.4. The van der Waals surface area contributed by atoms with Crippen LogP contribution in [0, 0.1) is 0 Å². The topological polar surface area (TPSA) is 70.9 Å². The van der Waals surface area contributed by atoms with Gasteiger partial charge in [-0.1, -0.05) is 34.8 Å². The summed E-state index contributed by atoms with van der Waals surface area (Å²) in [4.78, 5) is 13.0. The summed E-state index contributed by atoms with van der Waals surface area (Å²) in [5.41, 5.74) is -1.06. The molecule has 6 nitrogen and oxygen atoms in total. The van der Waals surface area contributed by atoms with Crippen molar-refractivity contribution in [3.8, 4) is 0 Å². The van der Waals surface area contributed by atoms with Crippen LogP contribution in [0.5, 0.6) is 0 Å². The van der Waals surface area contributed by atoms with Crippen LogP contribution in [0.1, 0.15) is 5.56 Å². The Kier molecular flexibility index (Phi) is 7.63. The van der Waals surface area contributed by atoms with E-state index in [2.05, 4.69) is 5.32 Å². The molecule has 174 valence electrons. The third-order valence-electron chi connectivity index (χ3n) is 4.92. The lowest BCUT2D eigenvalue weighted by Gasteiger charge is -2.31. The number of nitrogens with one attached hydrogen (secondary N) is 2. The number of quaternary nitrogens is 1. The Morgan fingerprint density at radius 1 is 1.03 bits per heavy atom. The number of anilines is 1. The van der Waals surface area contributed by atoms with E-state index < -0.39 is 27.7 Å². The second kappa shape index (κ2) is 9.74. The average Bonchev–Trinajstić information content (AvgIpc) is 2.71. The first kappa shape index (κ1) is 25.1. The van der Waals surface area contributed by atoms with Crippen LogP contribution in [-0.4, -0.2) is 51.4 Å². The maximum Gasteiger partial charge on any atom is 0.416 e. The second-order valence-electron chi connectivity index (χ2n) is 7.15. The fraction of sp³-hybridized carbons (Fsp3) is 0.316. The molecule has 1 aliphatic rings. The van der Waals surface area contributed by atoms with Gasteiger partial charge in [0.1, 0.15) is 4.90 Å². The van der Waals surface area contributed by atoms with E-state index in [9.17, 15) is 26.4 Å². The molecule has 0 radical (unpaired) electrons. The van der Waals surface area contributed by atoms with Gasteiger partial charge in [-0.15, -0.1) is 0 Å². The lowest BCUT2D eigenvalue weighted by atomic mass is 10.2. The predicted octanol–water partition coefficient (Wildman–Crippen LogP) is 3.19. The fourth-order valence-corrected chi connectivity index (χ4v) is 5.60. The van der Waals surface area contributed by atoms with Crippen LogP contribution in [0.3, 0.4) is 0 Å². The lowest BCUT2D eigenvalue weighted by Crippen LogP contribution is -3.15. The minimum atomic E-state index is -4.57. The maximum atomic E-state index is 12.9. The van der Waals surface area contributed by atoms with E-state index in [0.717, 1.165) is 23.1 Å². The maximum absolute atomic E-state index is 12.9. The Labute approximate surface area is 197 Å². The van der Waals surface area contributed by atoms with Gasteiger partial charge in [-0.25, -0.2) is 8.42 Å². The number of halogens is 6. The molecule has 1 fully saturated rings. The van der Waals surface area contributed by atoms with Gasteiger partial charge in [-0.2, -0.15) is 17.5 Å². The van der Waals surface area contributed by atoms with Gasteiger partial charge in [-0.05, 0) is 36.4 Å².